The van der Waals surface area contributed by atoms with Crippen LogP contribution in [0, 0.1) is 11.6 Å². The largest absolute Gasteiger partial charge is 0.321 e. The van der Waals surface area contributed by atoms with Crippen molar-refractivity contribution in [1.82, 2.24) is 9.55 Å². The van der Waals surface area contributed by atoms with Crippen LogP contribution in [0.2, 0.25) is 5.15 Å². The predicted octanol–water partition coefficient (Wildman–Crippen LogP) is 2.08. The predicted molar refractivity (Wildman–Crippen MR) is 70.1 cm³/mol. The highest BCUT2D eigenvalue weighted by atomic mass is 35.5. The average molecular weight is 312 g/mol. The first-order chi connectivity index (χ1) is 9.90. The number of amides is 1. The zero-order valence-electron chi connectivity index (χ0n) is 10.7. The lowest BCUT2D eigenvalue weighted by molar-refractivity contribution is -0.114. The molecule has 1 aliphatic heterocycles. The van der Waals surface area contributed by atoms with Gasteiger partial charge in [0.1, 0.15) is 16.8 Å². The molecule has 1 aliphatic rings. The van der Waals surface area contributed by atoms with Crippen molar-refractivity contribution in [3.05, 3.63) is 46.5 Å². The first-order valence-electron chi connectivity index (χ1n) is 5.91. The number of carbonyl (C=O) groups excluding carboxylic acids is 2. The van der Waals surface area contributed by atoms with Gasteiger partial charge >= 0.3 is 0 Å². The van der Waals surface area contributed by atoms with Crippen molar-refractivity contribution in [3.8, 4) is 0 Å². The highest BCUT2D eigenvalue weighted by Crippen LogP contribution is 2.33. The third kappa shape index (κ3) is 2.01. The molecule has 0 unspecified atom stereocenters. The summed E-state index contributed by atoms with van der Waals surface area (Å²) in [7, 11) is 1.62. The Kier molecular flexibility index (Phi) is 3.02. The van der Waals surface area contributed by atoms with E-state index in [-0.39, 0.29) is 17.8 Å². The quantitative estimate of drug-likeness (QED) is 0.798. The third-order valence-corrected chi connectivity index (χ3v) is 3.66. The maximum atomic E-state index is 13.9. The number of fused-ring (bicyclic) bond motifs is 1. The molecular formula is C13H8ClF2N3O2. The molecule has 108 valence electrons. The molecule has 1 aromatic heterocycles. The van der Waals surface area contributed by atoms with E-state index >= 15 is 0 Å². The number of carbonyl (C=O) groups is 2. The van der Waals surface area contributed by atoms with Gasteiger partial charge in [0.05, 0.1) is 24.0 Å². The summed E-state index contributed by atoms with van der Waals surface area (Å²) in [6.07, 6.45) is 1.38. The van der Waals surface area contributed by atoms with Crippen molar-refractivity contribution in [3.63, 3.8) is 0 Å². The van der Waals surface area contributed by atoms with E-state index in [1.807, 2.05) is 0 Å². The summed E-state index contributed by atoms with van der Waals surface area (Å²) in [4.78, 5) is 28.7. The number of Topliss-reactive ketones (excluding diaryl/α,β-unsaturated/α-hetero) is 1. The highest BCUT2D eigenvalue weighted by Gasteiger charge is 2.39. The van der Waals surface area contributed by atoms with Crippen molar-refractivity contribution < 1.29 is 18.4 Å². The van der Waals surface area contributed by atoms with Crippen LogP contribution >= 0.6 is 11.6 Å². The minimum atomic E-state index is -0.968. The van der Waals surface area contributed by atoms with Crippen LogP contribution in [0.3, 0.4) is 0 Å². The average Bonchev–Trinajstić information content (AvgIpc) is 2.85. The fourth-order valence-electron chi connectivity index (χ4n) is 2.22. The maximum Gasteiger partial charge on any atom is 0.299 e. The van der Waals surface area contributed by atoms with Crippen molar-refractivity contribution in [2.75, 3.05) is 4.90 Å². The molecule has 8 heteroatoms. The molecule has 3 rings (SSSR count). The lowest BCUT2D eigenvalue weighted by Crippen LogP contribution is -2.30. The second-order valence-electron chi connectivity index (χ2n) is 4.56. The van der Waals surface area contributed by atoms with Crippen LogP contribution in [0.5, 0.6) is 0 Å². The third-order valence-electron chi connectivity index (χ3n) is 3.31. The highest BCUT2D eigenvalue weighted by molar-refractivity contribution is 6.52. The van der Waals surface area contributed by atoms with Gasteiger partial charge in [-0.15, -0.1) is 0 Å². The molecule has 0 N–H and O–H groups in total. The summed E-state index contributed by atoms with van der Waals surface area (Å²) in [5.74, 6) is -3.37. The number of imidazole rings is 1. The summed E-state index contributed by atoms with van der Waals surface area (Å²) < 4.78 is 28.6. The standard InChI is InChI=1S/C13H8ClF2N3O2/c1-18-9(14)4-17-10(18)5-19-11-7(12(20)13(19)21)2-6(15)3-8(11)16/h2-4H,5H2,1H3. The van der Waals surface area contributed by atoms with Crippen LogP contribution in [0.15, 0.2) is 18.3 Å². The summed E-state index contributed by atoms with van der Waals surface area (Å²) in [6, 6.07) is 1.48. The van der Waals surface area contributed by atoms with Crippen LogP contribution in [0.4, 0.5) is 14.5 Å². The Morgan fingerprint density at radius 3 is 2.62 bits per heavy atom. The Bertz CT molecular complexity index is 788. The number of hydrogen-bond acceptors (Lipinski definition) is 3. The molecule has 0 bridgehead atoms. The normalized spacial score (nSPS) is 14.0. The first-order valence-corrected chi connectivity index (χ1v) is 6.29. The molecule has 1 amide bonds. The molecule has 5 nitrogen and oxygen atoms in total. The first kappa shape index (κ1) is 13.7. The molecule has 0 saturated heterocycles. The van der Waals surface area contributed by atoms with E-state index in [9.17, 15) is 18.4 Å². The molecule has 0 fully saturated rings. The van der Waals surface area contributed by atoms with Gasteiger partial charge in [0, 0.05) is 13.1 Å². The monoisotopic (exact) mass is 311 g/mol. The van der Waals surface area contributed by atoms with Crippen LogP contribution in [0.1, 0.15) is 16.2 Å². The summed E-state index contributed by atoms with van der Waals surface area (Å²) in [5, 5.41) is 0.336. The van der Waals surface area contributed by atoms with Crippen molar-refractivity contribution in [2.45, 2.75) is 6.54 Å². The van der Waals surface area contributed by atoms with E-state index in [2.05, 4.69) is 4.98 Å². The van der Waals surface area contributed by atoms with Crippen LogP contribution < -0.4 is 4.90 Å². The summed E-state index contributed by atoms with van der Waals surface area (Å²) in [6.45, 7) is -0.136. The van der Waals surface area contributed by atoms with Gasteiger partial charge in [0.25, 0.3) is 11.7 Å². The van der Waals surface area contributed by atoms with Crippen molar-refractivity contribution in [2.24, 2.45) is 7.05 Å². The number of aromatic nitrogens is 2. The molecule has 0 saturated carbocycles. The molecule has 2 aromatic rings. The lowest BCUT2D eigenvalue weighted by atomic mass is 10.1. The van der Waals surface area contributed by atoms with Crippen molar-refractivity contribution in [1.29, 1.82) is 0 Å². The minimum Gasteiger partial charge on any atom is -0.321 e. The van der Waals surface area contributed by atoms with E-state index in [1.54, 1.807) is 7.05 Å². The van der Waals surface area contributed by atoms with Gasteiger partial charge in [-0.3, -0.25) is 14.5 Å². The van der Waals surface area contributed by atoms with Crippen LogP contribution in [-0.2, 0) is 18.4 Å². The maximum absolute atomic E-state index is 13.9. The fraction of sp³-hybridized carbons (Fsp3) is 0.154. The smallest absolute Gasteiger partial charge is 0.299 e. The summed E-state index contributed by atoms with van der Waals surface area (Å²) >= 11 is 5.84. The molecule has 21 heavy (non-hydrogen) atoms. The van der Waals surface area contributed by atoms with Crippen LogP contribution in [-0.4, -0.2) is 21.2 Å². The zero-order chi connectivity index (χ0) is 15.3. The number of anilines is 1. The minimum absolute atomic E-state index is 0.136. The van der Waals surface area contributed by atoms with E-state index in [4.69, 9.17) is 11.6 Å². The van der Waals surface area contributed by atoms with E-state index < -0.39 is 23.3 Å². The number of nitrogens with zero attached hydrogens (tertiary/aromatic N) is 3. The van der Waals surface area contributed by atoms with Gasteiger partial charge in [-0.05, 0) is 6.07 Å². The van der Waals surface area contributed by atoms with Gasteiger partial charge in [0.15, 0.2) is 5.82 Å². The Morgan fingerprint density at radius 1 is 1.29 bits per heavy atom. The number of rotatable bonds is 2. The molecule has 0 aliphatic carbocycles. The number of benzene rings is 1. The summed E-state index contributed by atoms with van der Waals surface area (Å²) in [5.41, 5.74) is -0.511. The molecule has 1 aromatic carbocycles. The van der Waals surface area contributed by atoms with E-state index in [0.29, 0.717) is 17.0 Å². The number of ketones is 1. The number of halogens is 3. The molecule has 0 spiro atoms. The van der Waals surface area contributed by atoms with Crippen molar-refractivity contribution >= 4 is 29.0 Å². The van der Waals surface area contributed by atoms with Gasteiger partial charge < -0.3 is 4.57 Å². The SMILES string of the molecule is Cn1c(Cl)cnc1CN1C(=O)C(=O)c2cc(F)cc(F)c21. The zero-order valence-corrected chi connectivity index (χ0v) is 11.5. The Morgan fingerprint density at radius 2 is 2.00 bits per heavy atom. The van der Waals surface area contributed by atoms with Crippen LogP contribution in [0.25, 0.3) is 0 Å². The van der Waals surface area contributed by atoms with Gasteiger partial charge in [-0.1, -0.05) is 11.6 Å². The van der Waals surface area contributed by atoms with Gasteiger partial charge in [-0.2, -0.15) is 0 Å². The molecule has 0 radical (unpaired) electrons. The molecular weight excluding hydrogens is 304 g/mol. The second kappa shape index (κ2) is 4.63. The Hall–Kier alpha value is -2.28. The Labute approximate surface area is 122 Å². The fourth-order valence-corrected chi connectivity index (χ4v) is 2.36. The molecule has 0 atom stereocenters. The Balaban J connectivity index is 2.08. The molecule has 2 heterocycles. The van der Waals surface area contributed by atoms with E-state index in [0.717, 1.165) is 11.0 Å². The van der Waals surface area contributed by atoms with Gasteiger partial charge in [-0.25, -0.2) is 13.8 Å². The number of hydrogen-bond donors (Lipinski definition) is 0. The second-order valence-corrected chi connectivity index (χ2v) is 4.95. The van der Waals surface area contributed by atoms with E-state index in [1.165, 1.54) is 10.8 Å². The topological polar surface area (TPSA) is 55.2 Å². The lowest BCUT2D eigenvalue weighted by Gasteiger charge is -2.16. The van der Waals surface area contributed by atoms with Gasteiger partial charge in [0.2, 0.25) is 0 Å².